The highest BCUT2D eigenvalue weighted by Gasteiger charge is 2.14. The van der Waals surface area contributed by atoms with Crippen LogP contribution in [-0.4, -0.2) is 82.2 Å². The number of carbonyl (C=O) groups excluding carboxylic acids is 3. The fraction of sp³-hybridized carbons (Fsp3) is 0.526. The van der Waals surface area contributed by atoms with E-state index in [1.165, 1.54) is 18.2 Å². The smallest absolute Gasteiger partial charge is 0.253 e. The van der Waals surface area contributed by atoms with Gasteiger partial charge in [-0.1, -0.05) is 5.11 Å². The number of carbonyl (C=O) groups is 3. The molecule has 1 aromatic carbocycles. The van der Waals surface area contributed by atoms with Crippen molar-refractivity contribution < 1.29 is 28.6 Å². The van der Waals surface area contributed by atoms with E-state index in [-0.39, 0.29) is 42.7 Å². The molecule has 0 aliphatic heterocycles. The highest BCUT2D eigenvalue weighted by Crippen LogP contribution is 2.21. The summed E-state index contributed by atoms with van der Waals surface area (Å²) in [7, 11) is 0. The van der Waals surface area contributed by atoms with Gasteiger partial charge in [0.25, 0.3) is 5.91 Å². The minimum Gasteiger partial charge on any atom is -0.379 e. The molecule has 0 saturated carbocycles. The quantitative estimate of drug-likeness (QED) is 0.0965. The standard InChI is InChI=1S/C19H26Cl2N6O6/c20-12-17(28)25-14-1-2-15(16(11-14)26-18(29)13-21)19(30)23-3-5-31-7-9-33-10-8-32-6-4-24-27-22/h1-2,11H,3-10,12-13H2,(H,23,30)(H,25,28)(H,26,29). The first kappa shape index (κ1) is 28.4. The van der Waals surface area contributed by atoms with Gasteiger partial charge in [0.15, 0.2) is 0 Å². The van der Waals surface area contributed by atoms with Crippen molar-refractivity contribution in [2.75, 3.05) is 75.1 Å². The maximum atomic E-state index is 12.5. The Labute approximate surface area is 200 Å². The van der Waals surface area contributed by atoms with Crippen molar-refractivity contribution in [3.05, 3.63) is 34.2 Å². The third kappa shape index (κ3) is 12.9. The van der Waals surface area contributed by atoms with Crippen LogP contribution in [0.25, 0.3) is 10.4 Å². The second-order valence-corrected chi connectivity index (χ2v) is 6.71. The van der Waals surface area contributed by atoms with Gasteiger partial charge < -0.3 is 30.2 Å². The number of anilines is 2. The Bertz CT molecular complexity index is 822. The lowest BCUT2D eigenvalue weighted by atomic mass is 10.1. The van der Waals surface area contributed by atoms with E-state index >= 15 is 0 Å². The van der Waals surface area contributed by atoms with Gasteiger partial charge in [-0.2, -0.15) is 0 Å². The number of amides is 3. The van der Waals surface area contributed by atoms with Crippen LogP contribution in [0.2, 0.25) is 0 Å². The number of benzene rings is 1. The van der Waals surface area contributed by atoms with Crippen molar-refractivity contribution in [3.8, 4) is 0 Å². The Hall–Kier alpha value is -2.60. The molecule has 0 aromatic heterocycles. The first-order valence-electron chi connectivity index (χ1n) is 9.89. The van der Waals surface area contributed by atoms with E-state index in [0.717, 1.165) is 0 Å². The van der Waals surface area contributed by atoms with Crippen LogP contribution in [0.4, 0.5) is 11.4 Å². The summed E-state index contributed by atoms with van der Waals surface area (Å²) in [5.41, 5.74) is 8.88. The predicted octanol–water partition coefficient (Wildman–Crippen LogP) is 2.13. The summed E-state index contributed by atoms with van der Waals surface area (Å²) >= 11 is 11.0. The van der Waals surface area contributed by atoms with Gasteiger partial charge in [-0.05, 0) is 23.7 Å². The van der Waals surface area contributed by atoms with Gasteiger partial charge in [-0.25, -0.2) is 0 Å². The average Bonchev–Trinajstić information content (AvgIpc) is 2.81. The van der Waals surface area contributed by atoms with Crippen molar-refractivity contribution in [1.29, 1.82) is 0 Å². The van der Waals surface area contributed by atoms with Gasteiger partial charge in [0.05, 0.1) is 50.9 Å². The largest absolute Gasteiger partial charge is 0.379 e. The Morgan fingerprint density at radius 3 is 2.15 bits per heavy atom. The van der Waals surface area contributed by atoms with Crippen LogP contribution >= 0.6 is 23.2 Å². The number of rotatable bonds is 17. The normalized spacial score (nSPS) is 10.2. The highest BCUT2D eigenvalue weighted by atomic mass is 35.5. The van der Waals surface area contributed by atoms with E-state index in [2.05, 4.69) is 26.0 Å². The van der Waals surface area contributed by atoms with E-state index in [4.69, 9.17) is 42.9 Å². The molecule has 0 saturated heterocycles. The molecule has 0 aliphatic carbocycles. The average molecular weight is 505 g/mol. The van der Waals surface area contributed by atoms with Crippen molar-refractivity contribution in [2.24, 2.45) is 5.11 Å². The zero-order valence-electron chi connectivity index (χ0n) is 17.9. The molecule has 0 heterocycles. The summed E-state index contributed by atoms with van der Waals surface area (Å²) in [6.07, 6.45) is 0. The molecule has 1 aromatic rings. The number of ether oxygens (including phenoxy) is 3. The number of alkyl halides is 2. The molecule has 0 unspecified atom stereocenters. The van der Waals surface area contributed by atoms with E-state index in [9.17, 15) is 14.4 Å². The fourth-order valence-corrected chi connectivity index (χ4v) is 2.46. The summed E-state index contributed by atoms with van der Waals surface area (Å²) in [5.74, 6) is -1.90. The first-order valence-corrected chi connectivity index (χ1v) is 11.0. The Morgan fingerprint density at radius 1 is 0.909 bits per heavy atom. The van der Waals surface area contributed by atoms with Gasteiger partial charge in [-0.15, -0.1) is 23.2 Å². The summed E-state index contributed by atoms with van der Waals surface area (Å²) in [4.78, 5) is 38.3. The number of azide groups is 1. The molecular weight excluding hydrogens is 479 g/mol. The van der Waals surface area contributed by atoms with Gasteiger partial charge in [0, 0.05) is 23.7 Å². The molecule has 0 atom stereocenters. The molecule has 0 spiro atoms. The molecule has 12 nitrogen and oxygen atoms in total. The molecule has 182 valence electrons. The number of hydrogen-bond acceptors (Lipinski definition) is 7. The Kier molecular flexibility index (Phi) is 15.4. The Balaban J connectivity index is 2.36. The number of hydrogen-bond donors (Lipinski definition) is 3. The van der Waals surface area contributed by atoms with Crippen LogP contribution < -0.4 is 16.0 Å². The van der Waals surface area contributed by atoms with Crippen molar-refractivity contribution in [3.63, 3.8) is 0 Å². The zero-order chi connectivity index (χ0) is 24.3. The maximum absolute atomic E-state index is 12.5. The molecule has 3 amide bonds. The molecule has 33 heavy (non-hydrogen) atoms. The number of nitrogens with zero attached hydrogens (tertiary/aromatic N) is 3. The number of halogens is 2. The zero-order valence-corrected chi connectivity index (χ0v) is 19.4. The van der Waals surface area contributed by atoms with E-state index in [1.54, 1.807) is 0 Å². The van der Waals surface area contributed by atoms with Crippen LogP contribution in [0.5, 0.6) is 0 Å². The Morgan fingerprint density at radius 2 is 1.52 bits per heavy atom. The van der Waals surface area contributed by atoms with Crippen LogP contribution in [0.15, 0.2) is 23.3 Å². The van der Waals surface area contributed by atoms with Crippen molar-refractivity contribution >= 4 is 52.3 Å². The minimum atomic E-state index is -0.504. The van der Waals surface area contributed by atoms with E-state index in [1.807, 2.05) is 0 Å². The molecule has 0 bridgehead atoms. The van der Waals surface area contributed by atoms with Crippen LogP contribution in [0.3, 0.4) is 0 Å². The highest BCUT2D eigenvalue weighted by molar-refractivity contribution is 6.29. The molecule has 14 heteroatoms. The SMILES string of the molecule is [N-]=[N+]=NCCOCCOCCOCCNC(=O)c1ccc(NC(=O)CCl)cc1NC(=O)CCl. The van der Waals surface area contributed by atoms with Crippen molar-refractivity contribution in [1.82, 2.24) is 5.32 Å². The fourth-order valence-electron chi connectivity index (χ4n) is 2.33. The number of nitrogens with one attached hydrogen (secondary N) is 3. The summed E-state index contributed by atoms with van der Waals surface area (Å²) < 4.78 is 15.9. The second-order valence-electron chi connectivity index (χ2n) is 6.17. The van der Waals surface area contributed by atoms with E-state index in [0.29, 0.717) is 38.7 Å². The van der Waals surface area contributed by atoms with Gasteiger partial charge in [0.1, 0.15) is 11.8 Å². The molecule has 0 aliphatic rings. The topological polar surface area (TPSA) is 164 Å². The molecule has 0 fully saturated rings. The summed E-state index contributed by atoms with van der Waals surface area (Å²) in [6.45, 7) is 2.56. The molecule has 3 N–H and O–H groups in total. The lowest BCUT2D eigenvalue weighted by molar-refractivity contribution is -0.114. The summed E-state index contributed by atoms with van der Waals surface area (Å²) in [6, 6.07) is 4.43. The van der Waals surface area contributed by atoms with E-state index < -0.39 is 17.7 Å². The maximum Gasteiger partial charge on any atom is 0.253 e. The van der Waals surface area contributed by atoms with Crippen LogP contribution in [0, 0.1) is 0 Å². The first-order chi connectivity index (χ1) is 16.0. The molecular formula is C19H26Cl2N6O6. The van der Waals surface area contributed by atoms with Gasteiger partial charge >= 0.3 is 0 Å². The minimum absolute atomic E-state index is 0.195. The summed E-state index contributed by atoms with van der Waals surface area (Å²) in [5, 5.41) is 11.1. The second kappa shape index (κ2) is 17.9. The van der Waals surface area contributed by atoms with Gasteiger partial charge in [-0.3, -0.25) is 14.4 Å². The molecule has 1 rings (SSSR count). The lowest BCUT2D eigenvalue weighted by Crippen LogP contribution is -2.29. The third-order valence-electron chi connectivity index (χ3n) is 3.74. The lowest BCUT2D eigenvalue weighted by Gasteiger charge is -2.13. The monoisotopic (exact) mass is 504 g/mol. The molecule has 0 radical (unpaired) electrons. The van der Waals surface area contributed by atoms with Crippen LogP contribution in [0.1, 0.15) is 10.4 Å². The van der Waals surface area contributed by atoms with Crippen LogP contribution in [-0.2, 0) is 23.8 Å². The predicted molar refractivity (Wildman–Crippen MR) is 124 cm³/mol. The van der Waals surface area contributed by atoms with Gasteiger partial charge in [0.2, 0.25) is 11.8 Å². The third-order valence-corrected chi connectivity index (χ3v) is 4.23. The van der Waals surface area contributed by atoms with Crippen molar-refractivity contribution in [2.45, 2.75) is 0 Å².